The minimum absolute atomic E-state index is 0.154. The second-order valence-electron chi connectivity index (χ2n) is 5.67. The van der Waals surface area contributed by atoms with Crippen molar-refractivity contribution in [2.45, 2.75) is 19.9 Å². The van der Waals surface area contributed by atoms with E-state index < -0.39 is 0 Å². The SMILES string of the molecule is Cc1cc(/C(N)=N/O)ccc1CNCC1CCN(C)C1. The fraction of sp³-hybridized carbons (Fsp3) is 0.533. The second-order valence-corrected chi connectivity index (χ2v) is 5.67. The lowest BCUT2D eigenvalue weighted by Gasteiger charge is -2.13. The van der Waals surface area contributed by atoms with E-state index in [1.54, 1.807) is 0 Å². The molecule has 1 aliphatic heterocycles. The molecule has 0 saturated carbocycles. The first-order valence-corrected chi connectivity index (χ1v) is 7.07. The summed E-state index contributed by atoms with van der Waals surface area (Å²) in [5.74, 6) is 0.915. The number of nitrogens with zero attached hydrogens (tertiary/aromatic N) is 2. The lowest BCUT2D eigenvalue weighted by Crippen LogP contribution is -2.25. The van der Waals surface area contributed by atoms with Crippen molar-refractivity contribution in [1.82, 2.24) is 10.2 Å². The summed E-state index contributed by atoms with van der Waals surface area (Å²) < 4.78 is 0. The molecule has 0 aliphatic carbocycles. The number of aryl methyl sites for hydroxylation is 1. The topological polar surface area (TPSA) is 73.9 Å². The van der Waals surface area contributed by atoms with Gasteiger partial charge in [0.1, 0.15) is 0 Å². The Balaban J connectivity index is 1.87. The maximum absolute atomic E-state index is 8.68. The lowest BCUT2D eigenvalue weighted by atomic mass is 10.0. The van der Waals surface area contributed by atoms with Crippen LogP contribution in [0, 0.1) is 12.8 Å². The van der Waals surface area contributed by atoms with Gasteiger partial charge in [-0.15, -0.1) is 0 Å². The van der Waals surface area contributed by atoms with Crippen LogP contribution in [0.5, 0.6) is 0 Å². The first-order chi connectivity index (χ1) is 9.60. The van der Waals surface area contributed by atoms with Crippen molar-refractivity contribution in [3.8, 4) is 0 Å². The lowest BCUT2D eigenvalue weighted by molar-refractivity contribution is 0.318. The van der Waals surface area contributed by atoms with Crippen molar-refractivity contribution < 1.29 is 5.21 Å². The van der Waals surface area contributed by atoms with Crippen molar-refractivity contribution in [1.29, 1.82) is 0 Å². The molecule has 1 aromatic rings. The van der Waals surface area contributed by atoms with Gasteiger partial charge in [-0.25, -0.2) is 0 Å². The largest absolute Gasteiger partial charge is 0.409 e. The van der Waals surface area contributed by atoms with E-state index in [0.717, 1.165) is 30.1 Å². The van der Waals surface area contributed by atoms with Gasteiger partial charge < -0.3 is 21.2 Å². The maximum atomic E-state index is 8.68. The Kier molecular flexibility index (Phi) is 4.98. The molecule has 0 aromatic heterocycles. The van der Waals surface area contributed by atoms with E-state index in [1.165, 1.54) is 25.1 Å². The summed E-state index contributed by atoms with van der Waals surface area (Å²) in [6.07, 6.45) is 1.28. The number of nitrogens with one attached hydrogen (secondary N) is 1. The summed E-state index contributed by atoms with van der Waals surface area (Å²) in [6.45, 7) is 6.37. The van der Waals surface area contributed by atoms with Gasteiger partial charge in [-0.05, 0) is 56.6 Å². The molecule has 0 radical (unpaired) electrons. The predicted octanol–water partition coefficient (Wildman–Crippen LogP) is 1.13. The van der Waals surface area contributed by atoms with Crippen LogP contribution in [0.4, 0.5) is 0 Å². The molecule has 0 spiro atoms. The van der Waals surface area contributed by atoms with Gasteiger partial charge in [0.05, 0.1) is 0 Å². The fourth-order valence-corrected chi connectivity index (χ4v) is 2.72. The average Bonchev–Trinajstić information content (AvgIpc) is 2.85. The zero-order valence-corrected chi connectivity index (χ0v) is 12.3. The van der Waals surface area contributed by atoms with E-state index in [4.69, 9.17) is 10.9 Å². The molecule has 110 valence electrons. The summed E-state index contributed by atoms with van der Waals surface area (Å²) in [4.78, 5) is 2.38. The second kappa shape index (κ2) is 6.72. The van der Waals surface area contributed by atoms with Crippen LogP contribution in [0.25, 0.3) is 0 Å². The quantitative estimate of drug-likeness (QED) is 0.326. The molecule has 1 atom stereocenters. The van der Waals surface area contributed by atoms with Crippen molar-refractivity contribution in [2.24, 2.45) is 16.8 Å². The number of amidine groups is 1. The molecule has 5 nitrogen and oxygen atoms in total. The molecule has 2 rings (SSSR count). The van der Waals surface area contributed by atoms with E-state index in [1.807, 2.05) is 18.2 Å². The zero-order valence-electron chi connectivity index (χ0n) is 12.3. The van der Waals surface area contributed by atoms with Gasteiger partial charge in [-0.2, -0.15) is 0 Å². The van der Waals surface area contributed by atoms with Gasteiger partial charge in [0.2, 0.25) is 0 Å². The molecule has 0 bridgehead atoms. The van der Waals surface area contributed by atoms with Crippen LogP contribution in [0.1, 0.15) is 23.1 Å². The van der Waals surface area contributed by atoms with Crippen molar-refractivity contribution in [2.75, 3.05) is 26.7 Å². The fourth-order valence-electron chi connectivity index (χ4n) is 2.72. The summed E-state index contributed by atoms with van der Waals surface area (Å²) >= 11 is 0. The van der Waals surface area contributed by atoms with Gasteiger partial charge in [-0.3, -0.25) is 0 Å². The van der Waals surface area contributed by atoms with E-state index in [9.17, 15) is 0 Å². The molecule has 5 heteroatoms. The maximum Gasteiger partial charge on any atom is 0.170 e. The standard InChI is InChI=1S/C15H24N4O/c1-11-7-13(15(16)18-20)3-4-14(11)9-17-8-12-5-6-19(2)10-12/h3-4,7,12,17,20H,5-6,8-10H2,1-2H3,(H2,16,18). The Bertz CT molecular complexity index is 487. The van der Waals surface area contributed by atoms with Gasteiger partial charge in [0, 0.05) is 18.7 Å². The van der Waals surface area contributed by atoms with E-state index in [-0.39, 0.29) is 5.84 Å². The summed E-state index contributed by atoms with van der Waals surface area (Å²) in [6, 6.07) is 5.88. The van der Waals surface area contributed by atoms with Gasteiger partial charge >= 0.3 is 0 Å². The molecule has 1 saturated heterocycles. The molecule has 1 aliphatic rings. The smallest absolute Gasteiger partial charge is 0.170 e. The predicted molar refractivity (Wildman–Crippen MR) is 81.0 cm³/mol. The minimum Gasteiger partial charge on any atom is -0.409 e. The van der Waals surface area contributed by atoms with E-state index in [0.29, 0.717) is 0 Å². The van der Waals surface area contributed by atoms with Crippen molar-refractivity contribution in [3.63, 3.8) is 0 Å². The molecule has 4 N–H and O–H groups in total. The molecule has 0 amide bonds. The number of oxime groups is 1. The Morgan fingerprint density at radius 3 is 2.95 bits per heavy atom. The molecule has 1 fully saturated rings. The minimum atomic E-state index is 0.154. The van der Waals surface area contributed by atoms with Gasteiger partial charge in [-0.1, -0.05) is 17.3 Å². The Morgan fingerprint density at radius 2 is 2.35 bits per heavy atom. The summed E-state index contributed by atoms with van der Waals surface area (Å²) in [5, 5.41) is 15.2. The van der Waals surface area contributed by atoms with Crippen LogP contribution in [-0.4, -0.2) is 42.6 Å². The Morgan fingerprint density at radius 1 is 1.55 bits per heavy atom. The van der Waals surface area contributed by atoms with Crippen LogP contribution >= 0.6 is 0 Å². The van der Waals surface area contributed by atoms with Crippen LogP contribution in [-0.2, 0) is 6.54 Å². The van der Waals surface area contributed by atoms with E-state index in [2.05, 4.69) is 29.3 Å². The Hall–Kier alpha value is -1.59. The van der Waals surface area contributed by atoms with Crippen LogP contribution in [0.3, 0.4) is 0 Å². The first kappa shape index (κ1) is 14.8. The zero-order chi connectivity index (χ0) is 14.5. The van der Waals surface area contributed by atoms with Crippen LogP contribution in [0.15, 0.2) is 23.4 Å². The summed E-state index contributed by atoms with van der Waals surface area (Å²) in [5.41, 5.74) is 8.76. The highest BCUT2D eigenvalue weighted by Gasteiger charge is 2.18. The van der Waals surface area contributed by atoms with Crippen molar-refractivity contribution >= 4 is 5.84 Å². The molecule has 1 aromatic carbocycles. The highest BCUT2D eigenvalue weighted by Crippen LogP contribution is 2.14. The molecule has 20 heavy (non-hydrogen) atoms. The number of hydrogen-bond donors (Lipinski definition) is 3. The number of benzene rings is 1. The third-order valence-electron chi connectivity index (χ3n) is 3.98. The monoisotopic (exact) mass is 276 g/mol. The Labute approximate surface area is 120 Å². The molecule has 1 heterocycles. The van der Waals surface area contributed by atoms with Crippen molar-refractivity contribution in [3.05, 3.63) is 34.9 Å². The molecular formula is C15H24N4O. The third-order valence-corrected chi connectivity index (χ3v) is 3.98. The van der Waals surface area contributed by atoms with Gasteiger partial charge in [0.25, 0.3) is 0 Å². The number of rotatable bonds is 5. The highest BCUT2D eigenvalue weighted by atomic mass is 16.4. The number of nitrogens with two attached hydrogens (primary N) is 1. The third kappa shape index (κ3) is 3.71. The van der Waals surface area contributed by atoms with Crippen LogP contribution in [0.2, 0.25) is 0 Å². The van der Waals surface area contributed by atoms with E-state index >= 15 is 0 Å². The normalized spacial score (nSPS) is 20.5. The first-order valence-electron chi connectivity index (χ1n) is 7.07. The average molecular weight is 276 g/mol. The summed E-state index contributed by atoms with van der Waals surface area (Å²) in [7, 11) is 2.18. The highest BCUT2D eigenvalue weighted by molar-refractivity contribution is 5.97. The number of likely N-dealkylation sites (tertiary alicyclic amines) is 1. The van der Waals surface area contributed by atoms with Crippen LogP contribution < -0.4 is 11.1 Å². The molecule has 1 unspecified atom stereocenters. The molecular weight excluding hydrogens is 252 g/mol. The number of hydrogen-bond acceptors (Lipinski definition) is 4. The van der Waals surface area contributed by atoms with Gasteiger partial charge in [0.15, 0.2) is 5.84 Å².